The van der Waals surface area contributed by atoms with Gasteiger partial charge in [-0.2, -0.15) is 14.9 Å². The Balaban J connectivity index is 1.74. The summed E-state index contributed by atoms with van der Waals surface area (Å²) in [5.74, 6) is 0.194. The molecule has 2 aromatic carbocycles. The van der Waals surface area contributed by atoms with Crippen LogP contribution in [0.1, 0.15) is 17.1 Å². The number of hydrogen-bond donors (Lipinski definition) is 1. The molecule has 150 valence electrons. The standard InChI is InChI=1S/C20H16N6O4/c1-12-17(20(28)25(23-12)14-7-9-15(10-8-14)26(29)30)11-21-24-13(2)22-18-6-4-3-5-16(18)19(24)27/h3-11,28H,1-2H3/b21-11+. The number of fused-ring (bicyclic) bond motifs is 1. The van der Waals surface area contributed by atoms with E-state index < -0.39 is 4.92 Å². The van der Waals surface area contributed by atoms with Crippen molar-refractivity contribution in [3.63, 3.8) is 0 Å². The minimum atomic E-state index is -0.506. The van der Waals surface area contributed by atoms with Crippen LogP contribution in [-0.2, 0) is 0 Å². The summed E-state index contributed by atoms with van der Waals surface area (Å²) in [6.07, 6.45) is 1.34. The van der Waals surface area contributed by atoms with Gasteiger partial charge in [0, 0.05) is 12.1 Å². The average Bonchev–Trinajstić information content (AvgIpc) is 3.01. The van der Waals surface area contributed by atoms with E-state index in [4.69, 9.17) is 0 Å². The number of nitro groups is 1. The zero-order valence-corrected chi connectivity index (χ0v) is 16.1. The molecule has 0 saturated carbocycles. The zero-order chi connectivity index (χ0) is 21.4. The van der Waals surface area contributed by atoms with Crippen molar-refractivity contribution in [1.82, 2.24) is 19.4 Å². The number of non-ortho nitro benzene ring substituents is 1. The fraction of sp³-hybridized carbons (Fsp3) is 0.100. The lowest BCUT2D eigenvalue weighted by atomic mass is 10.2. The summed E-state index contributed by atoms with van der Waals surface area (Å²) in [4.78, 5) is 27.4. The lowest BCUT2D eigenvalue weighted by Crippen LogP contribution is -2.20. The van der Waals surface area contributed by atoms with E-state index in [0.717, 1.165) is 4.68 Å². The molecule has 0 spiro atoms. The summed E-state index contributed by atoms with van der Waals surface area (Å²) < 4.78 is 2.40. The van der Waals surface area contributed by atoms with Crippen molar-refractivity contribution in [2.45, 2.75) is 13.8 Å². The van der Waals surface area contributed by atoms with Crippen LogP contribution in [0.2, 0.25) is 0 Å². The van der Waals surface area contributed by atoms with E-state index in [1.807, 2.05) is 0 Å². The second-order valence-electron chi connectivity index (χ2n) is 6.55. The summed E-state index contributed by atoms with van der Waals surface area (Å²) in [7, 11) is 0. The van der Waals surface area contributed by atoms with Gasteiger partial charge >= 0.3 is 0 Å². The maximum Gasteiger partial charge on any atom is 0.282 e. The van der Waals surface area contributed by atoms with Crippen molar-refractivity contribution < 1.29 is 10.0 Å². The van der Waals surface area contributed by atoms with Crippen molar-refractivity contribution in [2.75, 3.05) is 0 Å². The van der Waals surface area contributed by atoms with Crippen LogP contribution in [0, 0.1) is 24.0 Å². The van der Waals surface area contributed by atoms with Gasteiger partial charge in [0.1, 0.15) is 5.82 Å². The van der Waals surface area contributed by atoms with Crippen LogP contribution >= 0.6 is 0 Å². The van der Waals surface area contributed by atoms with Gasteiger partial charge in [0.05, 0.1) is 39.0 Å². The van der Waals surface area contributed by atoms with Crippen molar-refractivity contribution >= 4 is 22.8 Å². The second-order valence-corrected chi connectivity index (χ2v) is 6.55. The summed E-state index contributed by atoms with van der Waals surface area (Å²) in [6, 6.07) is 12.6. The van der Waals surface area contributed by atoms with Crippen molar-refractivity contribution in [3.8, 4) is 11.6 Å². The molecule has 0 saturated heterocycles. The molecule has 10 heteroatoms. The van der Waals surface area contributed by atoms with E-state index in [-0.39, 0.29) is 17.1 Å². The highest BCUT2D eigenvalue weighted by Crippen LogP contribution is 2.24. The van der Waals surface area contributed by atoms with E-state index in [2.05, 4.69) is 15.2 Å². The molecule has 0 atom stereocenters. The Morgan fingerprint density at radius 2 is 1.83 bits per heavy atom. The number of aromatic hydroxyl groups is 1. The molecule has 0 amide bonds. The number of para-hydroxylation sites is 1. The second kappa shape index (κ2) is 7.24. The first-order valence-electron chi connectivity index (χ1n) is 8.93. The van der Waals surface area contributed by atoms with Gasteiger partial charge in [0.25, 0.3) is 11.2 Å². The number of nitro benzene ring substituents is 1. The predicted octanol–water partition coefficient (Wildman–Crippen LogP) is 2.70. The van der Waals surface area contributed by atoms with E-state index >= 15 is 0 Å². The Morgan fingerprint density at radius 3 is 2.53 bits per heavy atom. The molecular weight excluding hydrogens is 388 g/mol. The Kier molecular flexibility index (Phi) is 4.59. The molecule has 0 radical (unpaired) electrons. The third kappa shape index (κ3) is 3.20. The van der Waals surface area contributed by atoms with Crippen molar-refractivity contribution in [3.05, 3.63) is 86.1 Å². The van der Waals surface area contributed by atoms with Crippen LogP contribution in [0.3, 0.4) is 0 Å². The third-order valence-electron chi connectivity index (χ3n) is 4.60. The van der Waals surface area contributed by atoms with Crippen LogP contribution in [0.5, 0.6) is 5.88 Å². The van der Waals surface area contributed by atoms with E-state index in [0.29, 0.717) is 33.7 Å². The number of benzene rings is 2. The normalized spacial score (nSPS) is 11.4. The molecular formula is C20H16N6O4. The molecule has 0 aliphatic carbocycles. The van der Waals surface area contributed by atoms with Gasteiger partial charge in [-0.15, -0.1) is 0 Å². The summed E-state index contributed by atoms with van der Waals surface area (Å²) in [5, 5.41) is 30.3. The highest BCUT2D eigenvalue weighted by atomic mass is 16.6. The molecule has 30 heavy (non-hydrogen) atoms. The first-order chi connectivity index (χ1) is 14.4. The lowest BCUT2D eigenvalue weighted by Gasteiger charge is -2.05. The van der Waals surface area contributed by atoms with E-state index in [1.165, 1.54) is 35.2 Å². The Bertz CT molecular complexity index is 1370. The van der Waals surface area contributed by atoms with Gasteiger partial charge in [-0.3, -0.25) is 14.9 Å². The molecule has 2 aromatic heterocycles. The maximum atomic E-state index is 12.7. The predicted molar refractivity (Wildman–Crippen MR) is 110 cm³/mol. The van der Waals surface area contributed by atoms with Crippen molar-refractivity contribution in [2.24, 2.45) is 5.10 Å². The highest BCUT2D eigenvalue weighted by molar-refractivity contribution is 5.84. The molecule has 4 rings (SSSR count). The smallest absolute Gasteiger partial charge is 0.282 e. The minimum absolute atomic E-state index is 0.0671. The van der Waals surface area contributed by atoms with Gasteiger partial charge in [0.15, 0.2) is 0 Å². The van der Waals surface area contributed by atoms with Crippen LogP contribution < -0.4 is 5.56 Å². The molecule has 0 fully saturated rings. The molecule has 0 aliphatic rings. The summed E-state index contributed by atoms with van der Waals surface area (Å²) in [5.41, 5.74) is 1.41. The summed E-state index contributed by atoms with van der Waals surface area (Å²) >= 11 is 0. The monoisotopic (exact) mass is 404 g/mol. The molecule has 1 N–H and O–H groups in total. The average molecular weight is 404 g/mol. The first kappa shape index (κ1) is 19.0. The fourth-order valence-corrected chi connectivity index (χ4v) is 3.06. The SMILES string of the molecule is Cc1nn(-c2ccc([N+](=O)[O-])cc2)c(O)c1/C=N/n1c(C)nc2ccccc2c1=O. The van der Waals surface area contributed by atoms with Gasteiger partial charge < -0.3 is 5.11 Å². The quantitative estimate of drug-likeness (QED) is 0.316. The number of hydrogen-bond acceptors (Lipinski definition) is 7. The third-order valence-corrected chi connectivity index (χ3v) is 4.60. The Morgan fingerprint density at radius 1 is 1.13 bits per heavy atom. The number of nitrogens with zero attached hydrogens (tertiary/aromatic N) is 6. The van der Waals surface area contributed by atoms with Crippen molar-refractivity contribution in [1.29, 1.82) is 0 Å². The molecule has 4 aromatic rings. The topological polar surface area (TPSA) is 128 Å². The largest absolute Gasteiger partial charge is 0.493 e. The fourth-order valence-electron chi connectivity index (χ4n) is 3.06. The number of rotatable bonds is 4. The molecule has 0 unspecified atom stereocenters. The molecule has 0 aliphatic heterocycles. The van der Waals surface area contributed by atoms with Gasteiger partial charge in [-0.1, -0.05) is 12.1 Å². The van der Waals surface area contributed by atoms with E-state index in [9.17, 15) is 20.0 Å². The van der Waals surface area contributed by atoms with Crippen LogP contribution in [0.15, 0.2) is 58.4 Å². The lowest BCUT2D eigenvalue weighted by molar-refractivity contribution is -0.384. The van der Waals surface area contributed by atoms with Gasteiger partial charge in [-0.25, -0.2) is 9.67 Å². The van der Waals surface area contributed by atoms with E-state index in [1.54, 1.807) is 38.1 Å². The maximum absolute atomic E-state index is 12.7. The summed E-state index contributed by atoms with van der Waals surface area (Å²) in [6.45, 7) is 3.34. The Labute approximate surface area is 169 Å². The Hall–Kier alpha value is -4.34. The number of aromatic nitrogens is 4. The highest BCUT2D eigenvalue weighted by Gasteiger charge is 2.16. The van der Waals surface area contributed by atoms with Gasteiger partial charge in [0.2, 0.25) is 5.88 Å². The zero-order valence-electron chi connectivity index (χ0n) is 16.1. The van der Waals surface area contributed by atoms with Gasteiger partial charge in [-0.05, 0) is 38.1 Å². The van der Waals surface area contributed by atoms with Crippen LogP contribution in [-0.4, -0.2) is 35.7 Å². The minimum Gasteiger partial charge on any atom is -0.493 e. The first-order valence-corrected chi connectivity index (χ1v) is 8.93. The molecule has 10 nitrogen and oxygen atoms in total. The van der Waals surface area contributed by atoms with Crippen LogP contribution in [0.4, 0.5) is 5.69 Å². The number of aryl methyl sites for hydroxylation is 2. The molecule has 0 bridgehead atoms. The molecule has 2 heterocycles. The van der Waals surface area contributed by atoms with Crippen LogP contribution in [0.25, 0.3) is 16.6 Å².